The molecule has 0 unspecified atom stereocenters. The monoisotopic (exact) mass is 373 g/mol. The molecule has 1 aromatic carbocycles. The molecule has 2 aromatic heterocycles. The maximum absolute atomic E-state index is 11.7. The van der Waals surface area contributed by atoms with Crippen LogP contribution in [-0.4, -0.2) is 34.2 Å². The molecule has 0 saturated heterocycles. The average molecular weight is 373 g/mol. The summed E-state index contributed by atoms with van der Waals surface area (Å²) in [5.74, 6) is -1.15. The SMILES string of the molecule is Cc1ccc(-c2csc3ncnc(SCC(=O)OCC(N)=O)c23)cc1. The zero-order valence-corrected chi connectivity index (χ0v) is 15.0. The van der Waals surface area contributed by atoms with Gasteiger partial charge in [-0.15, -0.1) is 11.3 Å². The van der Waals surface area contributed by atoms with Crippen molar-refractivity contribution in [3.05, 3.63) is 41.5 Å². The zero-order chi connectivity index (χ0) is 17.8. The number of primary amides is 1. The molecule has 2 heterocycles. The lowest BCUT2D eigenvalue weighted by Gasteiger charge is -2.06. The van der Waals surface area contributed by atoms with Crippen LogP contribution in [0, 0.1) is 6.92 Å². The third-order valence-corrected chi connectivity index (χ3v) is 5.25. The number of aromatic nitrogens is 2. The van der Waals surface area contributed by atoms with Gasteiger partial charge in [-0.3, -0.25) is 9.59 Å². The molecule has 128 valence electrons. The van der Waals surface area contributed by atoms with Gasteiger partial charge in [-0.1, -0.05) is 41.6 Å². The van der Waals surface area contributed by atoms with Gasteiger partial charge < -0.3 is 10.5 Å². The first kappa shape index (κ1) is 17.4. The number of carbonyl (C=O) groups is 2. The number of nitrogens with two attached hydrogens (primary N) is 1. The summed E-state index contributed by atoms with van der Waals surface area (Å²) < 4.78 is 4.77. The number of esters is 1. The van der Waals surface area contributed by atoms with E-state index in [-0.39, 0.29) is 5.75 Å². The summed E-state index contributed by atoms with van der Waals surface area (Å²) in [4.78, 5) is 31.8. The number of hydrogen-bond donors (Lipinski definition) is 1. The lowest BCUT2D eigenvalue weighted by molar-refractivity contribution is -0.145. The second-order valence-corrected chi connectivity index (χ2v) is 7.11. The van der Waals surface area contributed by atoms with Crippen molar-refractivity contribution in [2.75, 3.05) is 12.4 Å². The number of benzene rings is 1. The summed E-state index contributed by atoms with van der Waals surface area (Å²) in [6.45, 7) is 1.63. The van der Waals surface area contributed by atoms with Crippen LogP contribution in [0.4, 0.5) is 0 Å². The zero-order valence-electron chi connectivity index (χ0n) is 13.4. The van der Waals surface area contributed by atoms with Crippen LogP contribution in [0.2, 0.25) is 0 Å². The van der Waals surface area contributed by atoms with Crippen molar-refractivity contribution in [2.24, 2.45) is 5.73 Å². The van der Waals surface area contributed by atoms with Crippen molar-refractivity contribution < 1.29 is 14.3 Å². The smallest absolute Gasteiger partial charge is 0.316 e. The molecule has 8 heteroatoms. The first-order chi connectivity index (χ1) is 12.0. The Hall–Kier alpha value is -2.45. The van der Waals surface area contributed by atoms with Crippen molar-refractivity contribution in [1.82, 2.24) is 9.97 Å². The molecule has 0 aliphatic rings. The number of amides is 1. The molecule has 0 fully saturated rings. The number of carbonyl (C=O) groups excluding carboxylic acids is 2. The molecule has 0 radical (unpaired) electrons. The van der Waals surface area contributed by atoms with E-state index in [4.69, 9.17) is 10.5 Å². The van der Waals surface area contributed by atoms with Crippen molar-refractivity contribution in [3.8, 4) is 11.1 Å². The fourth-order valence-corrected chi connectivity index (χ4v) is 4.01. The highest BCUT2D eigenvalue weighted by molar-refractivity contribution is 8.00. The van der Waals surface area contributed by atoms with Gasteiger partial charge in [0, 0.05) is 10.9 Å². The van der Waals surface area contributed by atoms with Gasteiger partial charge in [-0.2, -0.15) is 0 Å². The maximum Gasteiger partial charge on any atom is 0.316 e. The van der Waals surface area contributed by atoms with Crippen molar-refractivity contribution in [3.63, 3.8) is 0 Å². The topological polar surface area (TPSA) is 95.2 Å². The van der Waals surface area contributed by atoms with Crippen molar-refractivity contribution in [1.29, 1.82) is 0 Å². The Balaban J connectivity index is 1.86. The molecule has 0 aliphatic heterocycles. The molecule has 0 saturated carbocycles. The Bertz CT molecular complexity index is 923. The number of nitrogens with zero attached hydrogens (tertiary/aromatic N) is 2. The normalized spacial score (nSPS) is 10.8. The fourth-order valence-electron chi connectivity index (χ4n) is 2.22. The van der Waals surface area contributed by atoms with Crippen LogP contribution < -0.4 is 5.73 Å². The van der Waals surface area contributed by atoms with Gasteiger partial charge in [0.25, 0.3) is 5.91 Å². The number of ether oxygens (including phenoxy) is 1. The third-order valence-electron chi connectivity index (χ3n) is 3.40. The van der Waals surface area contributed by atoms with Gasteiger partial charge >= 0.3 is 5.97 Å². The number of hydrogen-bond acceptors (Lipinski definition) is 7. The van der Waals surface area contributed by atoms with Crippen molar-refractivity contribution in [2.45, 2.75) is 11.9 Å². The van der Waals surface area contributed by atoms with E-state index in [1.807, 2.05) is 12.3 Å². The molecule has 0 aliphatic carbocycles. The molecule has 25 heavy (non-hydrogen) atoms. The summed E-state index contributed by atoms with van der Waals surface area (Å²) in [6, 6.07) is 8.21. The van der Waals surface area contributed by atoms with E-state index in [9.17, 15) is 9.59 Å². The van der Waals surface area contributed by atoms with E-state index in [2.05, 4.69) is 34.2 Å². The molecular weight excluding hydrogens is 358 g/mol. The van der Waals surface area contributed by atoms with Crippen molar-refractivity contribution >= 4 is 45.2 Å². The summed E-state index contributed by atoms with van der Waals surface area (Å²) in [6.07, 6.45) is 1.48. The summed E-state index contributed by atoms with van der Waals surface area (Å²) in [5.41, 5.74) is 8.26. The minimum Gasteiger partial charge on any atom is -0.455 e. The molecule has 0 spiro atoms. The average Bonchev–Trinajstić information content (AvgIpc) is 3.03. The van der Waals surface area contributed by atoms with E-state index < -0.39 is 18.5 Å². The van der Waals surface area contributed by atoms with Crippen LogP contribution in [0.5, 0.6) is 0 Å². The molecule has 0 bridgehead atoms. The second-order valence-electron chi connectivity index (χ2n) is 5.29. The highest BCUT2D eigenvalue weighted by Gasteiger charge is 2.15. The number of aryl methyl sites for hydroxylation is 1. The van der Waals surface area contributed by atoms with Gasteiger partial charge in [0.1, 0.15) is 16.2 Å². The standard InChI is InChI=1S/C17H15N3O3S2/c1-10-2-4-11(5-3-10)12-7-24-16-15(12)17(20-9-19-16)25-8-14(22)23-6-13(18)21/h2-5,7,9H,6,8H2,1H3,(H2,18,21). The predicted molar refractivity (Wildman–Crippen MR) is 98.5 cm³/mol. The molecule has 2 N–H and O–H groups in total. The van der Waals surface area contributed by atoms with Crippen LogP contribution in [0.25, 0.3) is 21.3 Å². The highest BCUT2D eigenvalue weighted by atomic mass is 32.2. The van der Waals surface area contributed by atoms with Crippen LogP contribution in [0.1, 0.15) is 5.56 Å². The third kappa shape index (κ3) is 4.15. The Morgan fingerprint density at radius 3 is 2.72 bits per heavy atom. The minimum atomic E-state index is -0.678. The summed E-state index contributed by atoms with van der Waals surface area (Å²) in [7, 11) is 0. The summed E-state index contributed by atoms with van der Waals surface area (Å²) in [5, 5.41) is 3.67. The predicted octanol–water partition coefficient (Wildman–Crippen LogP) is 2.79. The maximum atomic E-state index is 11.7. The number of rotatable bonds is 6. The van der Waals surface area contributed by atoms with Crippen LogP contribution in [0.3, 0.4) is 0 Å². The molecule has 1 amide bonds. The Kier molecular flexibility index (Phi) is 5.30. The molecule has 3 rings (SSSR count). The van der Waals surface area contributed by atoms with Gasteiger partial charge in [0.2, 0.25) is 0 Å². The Morgan fingerprint density at radius 2 is 2.00 bits per heavy atom. The van der Waals surface area contributed by atoms with Gasteiger partial charge in [0.05, 0.1) is 11.1 Å². The number of fused-ring (bicyclic) bond motifs is 1. The molecule has 0 atom stereocenters. The lowest BCUT2D eigenvalue weighted by Crippen LogP contribution is -2.21. The van der Waals surface area contributed by atoms with E-state index >= 15 is 0 Å². The first-order valence-corrected chi connectivity index (χ1v) is 9.27. The molecule has 6 nitrogen and oxygen atoms in total. The van der Waals surface area contributed by atoms with E-state index in [1.54, 1.807) is 0 Å². The van der Waals surface area contributed by atoms with Crippen LogP contribution in [0.15, 0.2) is 41.0 Å². The quantitative estimate of drug-likeness (QED) is 0.405. The van der Waals surface area contributed by atoms with Crippen LogP contribution >= 0.6 is 23.1 Å². The second kappa shape index (κ2) is 7.62. The van der Waals surface area contributed by atoms with E-state index in [0.29, 0.717) is 5.03 Å². The highest BCUT2D eigenvalue weighted by Crippen LogP contribution is 2.37. The van der Waals surface area contributed by atoms with Gasteiger partial charge in [-0.05, 0) is 12.5 Å². The molecule has 3 aromatic rings. The first-order valence-electron chi connectivity index (χ1n) is 7.40. The number of thiophene rings is 1. The van der Waals surface area contributed by atoms with Gasteiger partial charge in [0.15, 0.2) is 6.61 Å². The Morgan fingerprint density at radius 1 is 1.24 bits per heavy atom. The van der Waals surface area contributed by atoms with E-state index in [1.165, 1.54) is 35.0 Å². The lowest BCUT2D eigenvalue weighted by atomic mass is 10.1. The van der Waals surface area contributed by atoms with Crippen LogP contribution in [-0.2, 0) is 14.3 Å². The number of thioether (sulfide) groups is 1. The summed E-state index contributed by atoms with van der Waals surface area (Å²) >= 11 is 2.79. The Labute approximate surface area is 152 Å². The largest absolute Gasteiger partial charge is 0.455 e. The van der Waals surface area contributed by atoms with E-state index in [0.717, 1.165) is 21.3 Å². The molecular formula is C17H15N3O3S2. The fraction of sp³-hybridized carbons (Fsp3) is 0.176. The van der Waals surface area contributed by atoms with Gasteiger partial charge in [-0.25, -0.2) is 9.97 Å². The minimum absolute atomic E-state index is 0.0442.